The van der Waals surface area contributed by atoms with Crippen LogP contribution in [0.2, 0.25) is 0 Å². The lowest BCUT2D eigenvalue weighted by atomic mass is 9.99. The molecule has 2 aromatic heterocycles. The molecule has 22 heavy (non-hydrogen) atoms. The van der Waals surface area contributed by atoms with Crippen molar-refractivity contribution in [2.45, 2.75) is 24.6 Å². The second-order valence-corrected chi connectivity index (χ2v) is 5.68. The summed E-state index contributed by atoms with van der Waals surface area (Å²) < 4.78 is 21.2. The molecule has 9 nitrogen and oxygen atoms in total. The summed E-state index contributed by atoms with van der Waals surface area (Å²) in [7, 11) is 3.52. The van der Waals surface area contributed by atoms with Crippen molar-refractivity contribution in [3.05, 3.63) is 6.33 Å². The van der Waals surface area contributed by atoms with E-state index in [2.05, 4.69) is 15.0 Å². The molecule has 1 aliphatic rings. The Hall–Kier alpha value is -2.04. The van der Waals surface area contributed by atoms with Crippen LogP contribution < -0.4 is 10.6 Å². The van der Waals surface area contributed by atoms with Gasteiger partial charge >= 0.3 is 0 Å². The van der Waals surface area contributed by atoms with Gasteiger partial charge in [-0.25, -0.2) is 9.37 Å². The van der Waals surface area contributed by atoms with Gasteiger partial charge in [-0.2, -0.15) is 9.97 Å². The monoisotopic (exact) mass is 312 g/mol. The first-order chi connectivity index (χ1) is 10.1. The molecule has 3 rings (SSSR count). The molecule has 1 aliphatic heterocycles. The Labute approximate surface area is 125 Å². The van der Waals surface area contributed by atoms with Gasteiger partial charge in [0.1, 0.15) is 6.61 Å². The number of hydrogen-bond acceptors (Lipinski definition) is 8. The highest BCUT2D eigenvalue weighted by Crippen LogP contribution is 2.44. The zero-order chi connectivity index (χ0) is 16.3. The maximum atomic E-state index is 14.7. The summed E-state index contributed by atoms with van der Waals surface area (Å²) in [6.45, 7) is 0.485. The highest BCUT2D eigenvalue weighted by molar-refractivity contribution is 5.84. The third-order valence-electron chi connectivity index (χ3n) is 3.79. The predicted molar refractivity (Wildman–Crippen MR) is 75.7 cm³/mol. The van der Waals surface area contributed by atoms with E-state index in [0.717, 1.165) is 6.92 Å². The van der Waals surface area contributed by atoms with Gasteiger partial charge in [-0.05, 0) is 6.92 Å². The van der Waals surface area contributed by atoms with Crippen LogP contribution in [0.4, 0.5) is 16.2 Å². The molecular formula is C12H17FN6O3. The molecule has 0 amide bonds. The van der Waals surface area contributed by atoms with E-state index in [0.29, 0.717) is 11.3 Å². The molecule has 0 spiro atoms. The van der Waals surface area contributed by atoms with Crippen molar-refractivity contribution < 1.29 is 19.3 Å². The van der Waals surface area contributed by atoms with E-state index >= 15 is 0 Å². The summed E-state index contributed by atoms with van der Waals surface area (Å²) in [5.41, 5.74) is 3.90. The fraction of sp³-hybridized carbons (Fsp3) is 0.583. The van der Waals surface area contributed by atoms with Crippen molar-refractivity contribution in [3.63, 3.8) is 0 Å². The minimum absolute atomic E-state index is 0.00392. The SMILES string of the molecule is CN(C)c1nc(N)nc2c1ncn2[C@@H]1OCC(O)(O)[C@]1(C)F. The van der Waals surface area contributed by atoms with E-state index in [-0.39, 0.29) is 11.6 Å². The molecule has 0 aliphatic carbocycles. The molecular weight excluding hydrogens is 295 g/mol. The fourth-order valence-corrected chi connectivity index (χ4v) is 2.43. The maximum Gasteiger partial charge on any atom is 0.226 e. The first kappa shape index (κ1) is 14.9. The molecule has 2 atom stereocenters. The Balaban J connectivity index is 2.18. The molecule has 2 aromatic rings. The number of aromatic nitrogens is 4. The largest absolute Gasteiger partial charge is 0.368 e. The number of aliphatic hydroxyl groups is 2. The Morgan fingerprint density at radius 2 is 2.14 bits per heavy atom. The maximum absolute atomic E-state index is 14.7. The third kappa shape index (κ3) is 1.91. The Morgan fingerprint density at radius 1 is 1.45 bits per heavy atom. The molecule has 1 saturated heterocycles. The minimum atomic E-state index is -2.60. The van der Waals surface area contributed by atoms with Crippen LogP contribution in [-0.4, -0.2) is 61.9 Å². The molecule has 120 valence electrons. The van der Waals surface area contributed by atoms with E-state index in [1.54, 1.807) is 19.0 Å². The summed E-state index contributed by atoms with van der Waals surface area (Å²) in [6.07, 6.45) is 0.0205. The van der Waals surface area contributed by atoms with Crippen molar-refractivity contribution in [3.8, 4) is 0 Å². The zero-order valence-corrected chi connectivity index (χ0v) is 12.4. The number of nitrogens with two attached hydrogens (primary N) is 1. The number of imidazole rings is 1. The standard InChI is InChI=1S/C12H17FN6O3/c1-11(13)9(22-4-12(11,20)21)19-5-15-6-7(18(2)3)16-10(14)17-8(6)19/h5,9,20-21H,4H2,1-3H3,(H2,14,16,17)/t9-,11-/m1/s1. The van der Waals surface area contributed by atoms with Gasteiger partial charge in [0, 0.05) is 14.1 Å². The van der Waals surface area contributed by atoms with Gasteiger partial charge in [0.25, 0.3) is 0 Å². The van der Waals surface area contributed by atoms with E-state index in [9.17, 15) is 14.6 Å². The van der Waals surface area contributed by atoms with Gasteiger partial charge in [0.15, 0.2) is 23.2 Å². The van der Waals surface area contributed by atoms with E-state index in [1.807, 2.05) is 0 Å². The number of rotatable bonds is 2. The lowest BCUT2D eigenvalue weighted by molar-refractivity contribution is -0.224. The molecule has 0 unspecified atom stereocenters. The topological polar surface area (TPSA) is 123 Å². The number of nitrogen functional groups attached to an aromatic ring is 1. The number of alkyl halides is 1. The molecule has 1 fully saturated rings. The Morgan fingerprint density at radius 3 is 2.68 bits per heavy atom. The van der Waals surface area contributed by atoms with E-state index < -0.39 is 24.3 Å². The first-order valence-corrected chi connectivity index (χ1v) is 6.58. The summed E-state index contributed by atoms with van der Waals surface area (Å²) in [5.74, 6) is -2.13. The quantitative estimate of drug-likeness (QED) is 0.629. The first-order valence-electron chi connectivity index (χ1n) is 6.58. The van der Waals surface area contributed by atoms with Crippen LogP contribution in [0.25, 0.3) is 11.2 Å². The van der Waals surface area contributed by atoms with Crippen LogP contribution in [0.5, 0.6) is 0 Å². The van der Waals surface area contributed by atoms with Gasteiger partial charge in [-0.3, -0.25) is 4.57 Å². The number of fused-ring (bicyclic) bond motifs is 1. The van der Waals surface area contributed by atoms with Gasteiger partial charge in [-0.15, -0.1) is 0 Å². The normalized spacial score (nSPS) is 27.5. The van der Waals surface area contributed by atoms with Crippen LogP contribution in [0, 0.1) is 0 Å². The van der Waals surface area contributed by atoms with E-state index in [4.69, 9.17) is 10.5 Å². The number of halogens is 1. The van der Waals surface area contributed by atoms with Gasteiger partial charge in [-0.1, -0.05) is 0 Å². The predicted octanol–water partition coefficient (Wildman–Crippen LogP) is -0.588. The van der Waals surface area contributed by atoms with Gasteiger partial charge in [0.05, 0.1) is 6.33 Å². The van der Waals surface area contributed by atoms with Crippen LogP contribution in [-0.2, 0) is 4.74 Å². The summed E-state index contributed by atoms with van der Waals surface area (Å²) in [6, 6.07) is 0. The molecule has 0 saturated carbocycles. The second kappa shape index (κ2) is 4.48. The summed E-state index contributed by atoms with van der Waals surface area (Å²) in [5, 5.41) is 19.4. The van der Waals surface area contributed by atoms with Gasteiger partial charge in [0.2, 0.25) is 17.4 Å². The number of ether oxygens (including phenoxy) is 1. The van der Waals surface area contributed by atoms with Crippen molar-refractivity contribution >= 4 is 22.9 Å². The molecule has 0 radical (unpaired) electrons. The zero-order valence-electron chi connectivity index (χ0n) is 12.4. The van der Waals surface area contributed by atoms with Crippen LogP contribution in [0.15, 0.2) is 6.33 Å². The Kier molecular flexibility index (Phi) is 3.03. The lowest BCUT2D eigenvalue weighted by Crippen LogP contribution is -2.49. The van der Waals surface area contributed by atoms with Crippen molar-refractivity contribution in [1.82, 2.24) is 19.5 Å². The number of nitrogens with zero attached hydrogens (tertiary/aromatic N) is 5. The Bertz CT molecular complexity index is 729. The lowest BCUT2D eigenvalue weighted by Gasteiger charge is -2.29. The minimum Gasteiger partial charge on any atom is -0.368 e. The van der Waals surface area contributed by atoms with Crippen molar-refractivity contribution in [1.29, 1.82) is 0 Å². The average molecular weight is 312 g/mol. The van der Waals surface area contributed by atoms with E-state index in [1.165, 1.54) is 10.9 Å². The summed E-state index contributed by atoms with van der Waals surface area (Å²) in [4.78, 5) is 14.0. The smallest absolute Gasteiger partial charge is 0.226 e. The third-order valence-corrected chi connectivity index (χ3v) is 3.79. The number of anilines is 2. The molecule has 0 bridgehead atoms. The average Bonchev–Trinajstić information content (AvgIpc) is 2.89. The van der Waals surface area contributed by atoms with Crippen LogP contribution >= 0.6 is 0 Å². The number of hydrogen-bond donors (Lipinski definition) is 3. The molecule has 10 heteroatoms. The molecule has 0 aromatic carbocycles. The van der Waals surface area contributed by atoms with Crippen LogP contribution in [0.3, 0.4) is 0 Å². The van der Waals surface area contributed by atoms with Crippen molar-refractivity contribution in [2.75, 3.05) is 31.3 Å². The van der Waals surface area contributed by atoms with Gasteiger partial charge < -0.3 is 25.6 Å². The van der Waals surface area contributed by atoms with Crippen LogP contribution in [0.1, 0.15) is 13.2 Å². The highest BCUT2D eigenvalue weighted by Gasteiger charge is 2.60. The summed E-state index contributed by atoms with van der Waals surface area (Å²) >= 11 is 0. The molecule has 4 N–H and O–H groups in total. The highest BCUT2D eigenvalue weighted by atomic mass is 19.1. The molecule has 3 heterocycles. The second-order valence-electron chi connectivity index (χ2n) is 5.68. The fourth-order valence-electron chi connectivity index (χ4n) is 2.43. The van der Waals surface area contributed by atoms with Crippen molar-refractivity contribution in [2.24, 2.45) is 0 Å².